The number of carboxylic acids is 2. The number of nitrogens with zero attached hydrogens (tertiary/aromatic N) is 1. The van der Waals surface area contributed by atoms with Crippen LogP contribution in [-0.4, -0.2) is 39.9 Å². The lowest BCUT2D eigenvalue weighted by atomic mass is 10.0. The molecule has 4 aromatic rings. The van der Waals surface area contributed by atoms with E-state index < -0.39 is 17.8 Å². The van der Waals surface area contributed by atoms with E-state index in [1.165, 1.54) is 0 Å². The molecule has 0 spiro atoms. The predicted molar refractivity (Wildman–Crippen MR) is 162 cm³/mol. The molecular weight excluding hydrogens is 537 g/mol. The van der Waals surface area contributed by atoms with Crippen molar-refractivity contribution in [1.82, 2.24) is 4.57 Å². The third kappa shape index (κ3) is 7.66. The molecule has 0 saturated heterocycles. The summed E-state index contributed by atoms with van der Waals surface area (Å²) >= 11 is 0. The van der Waals surface area contributed by atoms with Crippen LogP contribution in [0.5, 0.6) is 11.5 Å². The van der Waals surface area contributed by atoms with Gasteiger partial charge in [0.15, 0.2) is 0 Å². The Bertz CT molecular complexity index is 1620. The summed E-state index contributed by atoms with van der Waals surface area (Å²) in [5.74, 6) is -0.867. The van der Waals surface area contributed by atoms with Gasteiger partial charge in [-0.05, 0) is 85.9 Å². The summed E-state index contributed by atoms with van der Waals surface area (Å²) in [6.07, 6.45) is 7.88. The lowest BCUT2D eigenvalue weighted by Gasteiger charge is -2.06. The molecule has 7 nitrogen and oxygen atoms in total. The molecule has 0 radical (unpaired) electrons. The van der Waals surface area contributed by atoms with Crippen LogP contribution in [0.25, 0.3) is 23.1 Å². The molecule has 0 unspecified atom stereocenters. The Morgan fingerprint density at radius 1 is 0.881 bits per heavy atom. The number of hydrogen-bond acceptors (Lipinski definition) is 4. The molecule has 1 aromatic heterocycles. The van der Waals surface area contributed by atoms with E-state index in [9.17, 15) is 14.7 Å². The normalized spacial score (nSPS) is 11.5. The van der Waals surface area contributed by atoms with Crippen molar-refractivity contribution < 1.29 is 33.7 Å². The second kappa shape index (κ2) is 14.2. The quantitative estimate of drug-likeness (QED) is 0.124. The van der Waals surface area contributed by atoms with Crippen molar-refractivity contribution in [2.45, 2.75) is 39.7 Å². The molecule has 8 heteroatoms. The van der Waals surface area contributed by atoms with E-state index >= 15 is 4.39 Å². The van der Waals surface area contributed by atoms with Gasteiger partial charge in [-0.3, -0.25) is 9.59 Å². The summed E-state index contributed by atoms with van der Waals surface area (Å²) in [6.45, 7) is 4.29. The molecule has 0 bridgehead atoms. The SMILES string of the molecule is Cc1ccccc1OC/C=C/COc1ccc(/C=C/c2ccc3c(c2F)c(CCCC(=O)O)c(C)n3CC(=O)O)cc1. The predicted octanol–water partition coefficient (Wildman–Crippen LogP) is 7.07. The number of aryl methyl sites for hydroxylation is 2. The van der Waals surface area contributed by atoms with Gasteiger partial charge in [-0.2, -0.15) is 0 Å². The molecular formula is C34H34FNO6. The summed E-state index contributed by atoms with van der Waals surface area (Å²) in [5.41, 5.74) is 4.03. The maximum Gasteiger partial charge on any atom is 0.323 e. The largest absolute Gasteiger partial charge is 0.490 e. The van der Waals surface area contributed by atoms with Crippen molar-refractivity contribution in [3.63, 3.8) is 0 Å². The van der Waals surface area contributed by atoms with Gasteiger partial charge in [0.1, 0.15) is 37.1 Å². The van der Waals surface area contributed by atoms with Crippen molar-refractivity contribution in [2.75, 3.05) is 13.2 Å². The van der Waals surface area contributed by atoms with E-state index in [2.05, 4.69) is 0 Å². The average molecular weight is 572 g/mol. The Morgan fingerprint density at radius 3 is 2.29 bits per heavy atom. The minimum Gasteiger partial charge on any atom is -0.490 e. The van der Waals surface area contributed by atoms with Crippen LogP contribution in [0.2, 0.25) is 0 Å². The number of halogens is 1. The zero-order chi connectivity index (χ0) is 30.1. The Balaban J connectivity index is 1.41. The third-order valence-electron chi connectivity index (χ3n) is 6.97. The van der Waals surface area contributed by atoms with Crippen molar-refractivity contribution >= 4 is 35.0 Å². The highest BCUT2D eigenvalue weighted by Gasteiger charge is 2.20. The monoisotopic (exact) mass is 571 g/mol. The number of hydrogen-bond donors (Lipinski definition) is 2. The van der Waals surface area contributed by atoms with Gasteiger partial charge >= 0.3 is 11.9 Å². The summed E-state index contributed by atoms with van der Waals surface area (Å²) in [4.78, 5) is 22.5. The molecule has 1 heterocycles. The van der Waals surface area contributed by atoms with Crippen LogP contribution in [0.4, 0.5) is 4.39 Å². The molecule has 2 N–H and O–H groups in total. The molecule has 218 valence electrons. The standard InChI is InChI=1S/C34H34FNO6/c1-23-8-3-4-10-30(23)42-21-6-5-20-41-27-17-13-25(14-18-27)12-15-26-16-19-29-33(34(26)35)28(9-7-11-31(37)38)24(2)36(29)22-32(39)40/h3-6,8,10,12-19H,7,9,11,20-22H2,1-2H3,(H,37,38)(H,39,40)/b6-5+,15-12+. The Morgan fingerprint density at radius 2 is 1.60 bits per heavy atom. The van der Waals surface area contributed by atoms with E-state index in [-0.39, 0.29) is 13.0 Å². The van der Waals surface area contributed by atoms with Crippen molar-refractivity contribution in [1.29, 1.82) is 0 Å². The number of carboxylic acid groups (broad SMARTS) is 2. The number of carbonyl (C=O) groups is 2. The molecule has 0 aliphatic heterocycles. The summed E-state index contributed by atoms with van der Waals surface area (Å²) < 4.78 is 28.9. The van der Waals surface area contributed by atoms with E-state index in [0.29, 0.717) is 59.5 Å². The first-order chi connectivity index (χ1) is 20.2. The minimum absolute atomic E-state index is 0.0509. The average Bonchev–Trinajstić information content (AvgIpc) is 3.22. The van der Waals surface area contributed by atoms with Crippen LogP contribution in [0.3, 0.4) is 0 Å². The highest BCUT2D eigenvalue weighted by Crippen LogP contribution is 2.32. The summed E-state index contributed by atoms with van der Waals surface area (Å²) in [7, 11) is 0. The van der Waals surface area contributed by atoms with Gasteiger partial charge in [0.2, 0.25) is 0 Å². The molecule has 0 aliphatic rings. The van der Waals surface area contributed by atoms with Crippen LogP contribution in [0.15, 0.2) is 72.8 Å². The number of benzene rings is 3. The lowest BCUT2D eigenvalue weighted by Crippen LogP contribution is -2.10. The van der Waals surface area contributed by atoms with Gasteiger partial charge in [-0.1, -0.05) is 42.5 Å². The van der Waals surface area contributed by atoms with Crippen LogP contribution in [-0.2, 0) is 22.6 Å². The third-order valence-corrected chi connectivity index (χ3v) is 6.97. The highest BCUT2D eigenvalue weighted by molar-refractivity contribution is 5.90. The summed E-state index contributed by atoms with van der Waals surface area (Å²) in [6, 6.07) is 18.6. The van der Waals surface area contributed by atoms with E-state index in [0.717, 1.165) is 16.9 Å². The fraction of sp³-hybridized carbons (Fsp3) is 0.235. The fourth-order valence-corrected chi connectivity index (χ4v) is 4.81. The van der Waals surface area contributed by atoms with E-state index in [4.69, 9.17) is 14.6 Å². The molecule has 0 amide bonds. The minimum atomic E-state index is -1.04. The smallest absolute Gasteiger partial charge is 0.323 e. The van der Waals surface area contributed by atoms with Crippen molar-refractivity contribution in [3.05, 3.63) is 107 Å². The number of rotatable bonds is 14. The Hall–Kier alpha value is -4.85. The van der Waals surface area contributed by atoms with Crippen LogP contribution in [0.1, 0.15) is 40.8 Å². The maximum absolute atomic E-state index is 15.8. The highest BCUT2D eigenvalue weighted by atomic mass is 19.1. The van der Waals surface area contributed by atoms with Crippen molar-refractivity contribution in [2.24, 2.45) is 0 Å². The first-order valence-corrected chi connectivity index (χ1v) is 13.7. The van der Waals surface area contributed by atoms with E-state index in [1.54, 1.807) is 35.8 Å². The first kappa shape index (κ1) is 30.1. The fourth-order valence-electron chi connectivity index (χ4n) is 4.81. The zero-order valence-electron chi connectivity index (χ0n) is 23.7. The van der Waals surface area contributed by atoms with Gasteiger partial charge in [0.25, 0.3) is 0 Å². The molecule has 3 aromatic carbocycles. The number of fused-ring (bicyclic) bond motifs is 1. The van der Waals surface area contributed by atoms with Gasteiger partial charge in [-0.15, -0.1) is 0 Å². The Labute approximate surface area is 244 Å². The second-order valence-corrected chi connectivity index (χ2v) is 9.92. The molecule has 42 heavy (non-hydrogen) atoms. The van der Waals surface area contributed by atoms with Gasteiger partial charge < -0.3 is 24.3 Å². The van der Waals surface area contributed by atoms with Gasteiger partial charge in [-0.25, -0.2) is 4.39 Å². The number of para-hydroxylation sites is 1. The zero-order valence-corrected chi connectivity index (χ0v) is 23.7. The van der Waals surface area contributed by atoms with Crippen molar-refractivity contribution in [3.8, 4) is 11.5 Å². The first-order valence-electron chi connectivity index (χ1n) is 13.7. The summed E-state index contributed by atoms with van der Waals surface area (Å²) in [5, 5.41) is 18.7. The van der Waals surface area contributed by atoms with Crippen LogP contribution < -0.4 is 9.47 Å². The Kier molecular flexibility index (Phi) is 10.2. The molecule has 0 atom stereocenters. The van der Waals surface area contributed by atoms with Gasteiger partial charge in [0.05, 0.1) is 5.52 Å². The number of ether oxygens (including phenoxy) is 2. The topological polar surface area (TPSA) is 98.0 Å². The molecule has 0 aliphatic carbocycles. The van der Waals surface area contributed by atoms with Gasteiger partial charge in [0, 0.05) is 23.1 Å². The van der Waals surface area contributed by atoms with Crippen LogP contribution in [0, 0.1) is 19.7 Å². The maximum atomic E-state index is 15.8. The number of aliphatic carboxylic acids is 2. The molecule has 0 fully saturated rings. The number of aromatic nitrogens is 1. The molecule has 4 rings (SSSR count). The lowest BCUT2D eigenvalue weighted by molar-refractivity contribution is -0.138. The van der Waals surface area contributed by atoms with E-state index in [1.807, 2.05) is 67.6 Å². The second-order valence-electron chi connectivity index (χ2n) is 9.92. The molecule has 0 saturated carbocycles. The van der Waals surface area contributed by atoms with Crippen LogP contribution >= 0.6 is 0 Å².